The summed E-state index contributed by atoms with van der Waals surface area (Å²) < 4.78 is 0. The summed E-state index contributed by atoms with van der Waals surface area (Å²) in [6, 6.07) is 0. The molecule has 2 nitrogen and oxygen atoms in total. The Labute approximate surface area is 63.4 Å². The van der Waals surface area contributed by atoms with Gasteiger partial charge in [-0.05, 0) is 19.3 Å². The third-order valence-corrected chi connectivity index (χ3v) is 2.00. The van der Waals surface area contributed by atoms with Gasteiger partial charge in [0.25, 0.3) is 0 Å². The molecule has 10 heavy (non-hydrogen) atoms. The van der Waals surface area contributed by atoms with Crippen molar-refractivity contribution in [2.75, 3.05) is 0 Å². The average Bonchev–Trinajstić information content (AvgIpc) is 1.90. The zero-order chi connectivity index (χ0) is 8.20. The molecule has 0 fully saturated rings. The molecular formula is C8H18NO. The van der Waals surface area contributed by atoms with Crippen LogP contribution in [0.2, 0.25) is 0 Å². The zero-order valence-electron chi connectivity index (χ0n) is 7.15. The Morgan fingerprint density at radius 1 is 1.30 bits per heavy atom. The second-order valence-electron chi connectivity index (χ2n) is 2.59. The molecule has 1 unspecified atom stereocenters. The van der Waals surface area contributed by atoms with Crippen LogP contribution in [0.5, 0.6) is 0 Å². The number of hydrogen-bond donors (Lipinski definition) is 2. The molecule has 3 N–H and O–H groups in total. The maximum Gasteiger partial charge on any atom is 0.119 e. The molecule has 2 heteroatoms. The molecule has 0 aromatic rings. The van der Waals surface area contributed by atoms with E-state index >= 15 is 0 Å². The summed E-state index contributed by atoms with van der Waals surface area (Å²) in [5, 5.41) is 9.52. The van der Waals surface area contributed by atoms with Crippen molar-refractivity contribution in [2.24, 2.45) is 5.73 Å². The maximum absolute atomic E-state index is 9.52. The Morgan fingerprint density at radius 2 is 1.70 bits per heavy atom. The number of rotatable bonds is 4. The largest absolute Gasteiger partial charge is 0.376 e. The van der Waals surface area contributed by atoms with Crippen molar-refractivity contribution in [2.45, 2.75) is 45.8 Å². The summed E-state index contributed by atoms with van der Waals surface area (Å²) in [4.78, 5) is 0. The average molecular weight is 144 g/mol. The molecule has 61 valence electrons. The summed E-state index contributed by atoms with van der Waals surface area (Å²) in [5.74, 6) is 1.04. The van der Waals surface area contributed by atoms with Crippen LogP contribution in [0, 0.1) is 5.92 Å². The van der Waals surface area contributed by atoms with Gasteiger partial charge in [-0.15, -0.1) is 0 Å². The van der Waals surface area contributed by atoms with Crippen LogP contribution in [0.4, 0.5) is 0 Å². The second-order valence-corrected chi connectivity index (χ2v) is 2.59. The fourth-order valence-electron chi connectivity index (χ4n) is 1.11. The fourth-order valence-corrected chi connectivity index (χ4v) is 1.11. The van der Waals surface area contributed by atoms with Gasteiger partial charge in [0.1, 0.15) is 5.72 Å². The number of hydrogen-bond acceptors (Lipinski definition) is 2. The van der Waals surface area contributed by atoms with Gasteiger partial charge in [-0.25, -0.2) is 0 Å². The maximum atomic E-state index is 9.52. The Kier molecular flexibility index (Phi) is 3.91. The summed E-state index contributed by atoms with van der Waals surface area (Å²) in [6.45, 7) is 5.93. The minimum atomic E-state index is -1.02. The molecule has 0 aliphatic rings. The molecule has 0 amide bonds. The van der Waals surface area contributed by atoms with Gasteiger partial charge in [0.05, 0.1) is 0 Å². The van der Waals surface area contributed by atoms with Crippen molar-refractivity contribution >= 4 is 0 Å². The summed E-state index contributed by atoms with van der Waals surface area (Å²) in [6.07, 6.45) is 2.35. The molecule has 0 aromatic carbocycles. The van der Waals surface area contributed by atoms with Crippen LogP contribution in [-0.4, -0.2) is 10.8 Å². The van der Waals surface area contributed by atoms with Crippen LogP contribution in [0.1, 0.15) is 40.0 Å². The topological polar surface area (TPSA) is 46.2 Å². The highest BCUT2D eigenvalue weighted by Gasteiger charge is 2.27. The van der Waals surface area contributed by atoms with E-state index in [0.717, 1.165) is 18.8 Å². The van der Waals surface area contributed by atoms with Crippen molar-refractivity contribution in [1.29, 1.82) is 0 Å². The van der Waals surface area contributed by atoms with Crippen LogP contribution in [0.15, 0.2) is 0 Å². The number of nitrogens with two attached hydrogens (primary N) is 1. The molecular weight excluding hydrogens is 126 g/mol. The highest BCUT2D eigenvalue weighted by molar-refractivity contribution is 5.02. The van der Waals surface area contributed by atoms with E-state index in [1.54, 1.807) is 0 Å². The van der Waals surface area contributed by atoms with Crippen LogP contribution < -0.4 is 5.73 Å². The van der Waals surface area contributed by atoms with Crippen molar-refractivity contribution < 1.29 is 5.11 Å². The van der Waals surface area contributed by atoms with E-state index < -0.39 is 5.72 Å². The summed E-state index contributed by atoms with van der Waals surface area (Å²) in [5.41, 5.74) is 4.58. The van der Waals surface area contributed by atoms with E-state index in [2.05, 4.69) is 0 Å². The van der Waals surface area contributed by atoms with E-state index in [0.29, 0.717) is 6.42 Å². The molecule has 0 rings (SSSR count). The molecule has 1 atom stereocenters. The molecule has 0 aliphatic heterocycles. The van der Waals surface area contributed by atoms with Crippen molar-refractivity contribution in [1.82, 2.24) is 0 Å². The number of aliphatic hydroxyl groups is 1. The second kappa shape index (κ2) is 3.94. The van der Waals surface area contributed by atoms with Gasteiger partial charge < -0.3 is 10.8 Å². The predicted octanol–water partition coefficient (Wildman–Crippen LogP) is 1.44. The van der Waals surface area contributed by atoms with Crippen molar-refractivity contribution in [3.63, 3.8) is 0 Å². The quantitative estimate of drug-likeness (QED) is 0.586. The Hall–Kier alpha value is -0.0800. The van der Waals surface area contributed by atoms with Crippen LogP contribution in [-0.2, 0) is 0 Å². The van der Waals surface area contributed by atoms with E-state index in [1.165, 1.54) is 0 Å². The third kappa shape index (κ3) is 2.27. The first-order valence-corrected chi connectivity index (χ1v) is 3.94. The lowest BCUT2D eigenvalue weighted by molar-refractivity contribution is 0.0501. The van der Waals surface area contributed by atoms with Gasteiger partial charge >= 0.3 is 0 Å². The van der Waals surface area contributed by atoms with Crippen molar-refractivity contribution in [3.05, 3.63) is 5.92 Å². The van der Waals surface area contributed by atoms with Gasteiger partial charge in [-0.1, -0.05) is 20.8 Å². The van der Waals surface area contributed by atoms with E-state index in [4.69, 9.17) is 5.73 Å². The first kappa shape index (κ1) is 9.92. The van der Waals surface area contributed by atoms with Crippen molar-refractivity contribution in [3.8, 4) is 0 Å². The summed E-state index contributed by atoms with van der Waals surface area (Å²) >= 11 is 0. The standard InChI is InChI=1S/C8H18NO/c1-4-7(5-2)8(9,10)6-3/h10H,4-6,9H2,1-3H3. The fraction of sp³-hybridized carbons (Fsp3) is 0.875. The van der Waals surface area contributed by atoms with Crippen LogP contribution in [0.25, 0.3) is 0 Å². The Balaban J connectivity index is 3.97. The smallest absolute Gasteiger partial charge is 0.119 e. The van der Waals surface area contributed by atoms with E-state index in [-0.39, 0.29) is 0 Å². The Morgan fingerprint density at radius 3 is 1.80 bits per heavy atom. The minimum Gasteiger partial charge on any atom is -0.376 e. The lowest BCUT2D eigenvalue weighted by Gasteiger charge is -2.29. The lowest BCUT2D eigenvalue weighted by atomic mass is 9.89. The Bertz CT molecular complexity index is 87.3. The van der Waals surface area contributed by atoms with Gasteiger partial charge in [0.15, 0.2) is 0 Å². The molecule has 0 aliphatic carbocycles. The molecule has 1 radical (unpaired) electrons. The summed E-state index contributed by atoms with van der Waals surface area (Å²) in [7, 11) is 0. The highest BCUT2D eigenvalue weighted by atomic mass is 16.3. The van der Waals surface area contributed by atoms with Crippen LogP contribution in [0.3, 0.4) is 0 Å². The molecule has 0 heterocycles. The first-order chi connectivity index (χ1) is 4.58. The molecule has 0 saturated carbocycles. The van der Waals surface area contributed by atoms with Gasteiger partial charge in [-0.3, -0.25) is 0 Å². The predicted molar refractivity (Wildman–Crippen MR) is 43.3 cm³/mol. The minimum absolute atomic E-state index is 0.601. The van der Waals surface area contributed by atoms with Gasteiger partial charge in [0, 0.05) is 5.92 Å². The van der Waals surface area contributed by atoms with E-state index in [1.807, 2.05) is 20.8 Å². The molecule has 0 bridgehead atoms. The molecule has 0 saturated heterocycles. The molecule has 0 aromatic heterocycles. The third-order valence-electron chi connectivity index (χ3n) is 2.00. The normalized spacial score (nSPS) is 17.4. The SMILES string of the molecule is CC[C](CC)C(N)(O)CC. The van der Waals surface area contributed by atoms with E-state index in [9.17, 15) is 5.11 Å². The zero-order valence-corrected chi connectivity index (χ0v) is 7.15. The first-order valence-electron chi connectivity index (χ1n) is 3.94. The van der Waals surface area contributed by atoms with Gasteiger partial charge in [0.2, 0.25) is 0 Å². The molecule has 0 spiro atoms. The van der Waals surface area contributed by atoms with Gasteiger partial charge in [-0.2, -0.15) is 0 Å². The lowest BCUT2D eigenvalue weighted by Crippen LogP contribution is -2.44. The highest BCUT2D eigenvalue weighted by Crippen LogP contribution is 2.23. The monoisotopic (exact) mass is 144 g/mol. The van der Waals surface area contributed by atoms with Crippen LogP contribution >= 0.6 is 0 Å².